The molecule has 0 spiro atoms. The maximum absolute atomic E-state index is 14.7. The summed E-state index contributed by atoms with van der Waals surface area (Å²) in [7, 11) is 0. The predicted molar refractivity (Wildman–Crippen MR) is 136 cm³/mol. The zero-order chi connectivity index (χ0) is 25.3. The Morgan fingerprint density at radius 1 is 1.09 bits per heavy atom. The number of halogens is 2. The summed E-state index contributed by atoms with van der Waals surface area (Å²) in [5.41, 5.74) is 2.61. The number of hydrogen-bond donors (Lipinski definition) is 2. The number of aliphatic hydroxyl groups is 1. The normalized spacial score (nSPS) is 12.5. The van der Waals surface area contributed by atoms with E-state index in [0.717, 1.165) is 16.5 Å². The first kappa shape index (κ1) is 24.7. The lowest BCUT2D eigenvalue weighted by Crippen LogP contribution is -2.19. The van der Waals surface area contributed by atoms with E-state index < -0.39 is 17.5 Å². The molecule has 0 unspecified atom stereocenters. The lowest BCUT2D eigenvalue weighted by molar-refractivity contribution is 0.0687. The number of nitrogens with zero attached hydrogens (tertiary/aromatic N) is 3. The third kappa shape index (κ3) is 5.16. The molecule has 0 radical (unpaired) electrons. The Morgan fingerprint density at radius 3 is 2.46 bits per heavy atom. The summed E-state index contributed by atoms with van der Waals surface area (Å²) in [6.45, 7) is 6.84. The quantitative estimate of drug-likeness (QED) is 0.287. The number of Topliss-reactive ketones (excluding diaryl/α,β-unsaturated/α-hetero) is 1. The molecule has 0 aliphatic carbocycles. The smallest absolute Gasteiger partial charge is 0.162 e. The van der Waals surface area contributed by atoms with E-state index >= 15 is 0 Å². The van der Waals surface area contributed by atoms with E-state index in [-0.39, 0.29) is 5.78 Å². The highest BCUT2D eigenvalue weighted by Crippen LogP contribution is 2.35. The number of pyridine rings is 1. The van der Waals surface area contributed by atoms with Crippen LogP contribution in [-0.2, 0) is 5.60 Å². The minimum absolute atomic E-state index is 0.0479. The number of fused-ring (bicyclic) bond motifs is 1. The van der Waals surface area contributed by atoms with Crippen molar-refractivity contribution in [2.45, 2.75) is 45.8 Å². The van der Waals surface area contributed by atoms with E-state index in [2.05, 4.69) is 20.3 Å². The molecule has 4 aromatic rings. The second-order valence-electron chi connectivity index (χ2n) is 8.95. The Hall–Kier alpha value is -3.42. The molecule has 1 atom stereocenters. The first-order chi connectivity index (χ1) is 16.6. The SMILES string of the molecule is CCC(=O)c1ccc(F)c([C@@H](C)Nc2c(Cl)cnc3ccc(-c4cnc(C(C)(C)O)nc4)cc23)c1. The number of rotatable bonds is 7. The van der Waals surface area contributed by atoms with Gasteiger partial charge in [0.05, 0.1) is 22.3 Å². The van der Waals surface area contributed by atoms with Crippen molar-refractivity contribution in [3.8, 4) is 11.1 Å². The predicted octanol–water partition coefficient (Wildman–Crippen LogP) is 6.48. The monoisotopic (exact) mass is 492 g/mol. The zero-order valence-corrected chi connectivity index (χ0v) is 20.7. The third-order valence-electron chi connectivity index (χ3n) is 5.82. The summed E-state index contributed by atoms with van der Waals surface area (Å²) in [5.74, 6) is -0.126. The minimum Gasteiger partial charge on any atom is -0.382 e. The van der Waals surface area contributed by atoms with Crippen molar-refractivity contribution in [3.63, 3.8) is 0 Å². The molecule has 2 aromatic heterocycles. The van der Waals surface area contributed by atoms with Crippen LogP contribution in [0.2, 0.25) is 5.02 Å². The van der Waals surface area contributed by atoms with Gasteiger partial charge in [-0.2, -0.15) is 0 Å². The lowest BCUT2D eigenvalue weighted by Gasteiger charge is -2.20. The summed E-state index contributed by atoms with van der Waals surface area (Å²) >= 11 is 6.52. The fraction of sp³-hybridized carbons (Fsp3) is 0.259. The third-order valence-corrected chi connectivity index (χ3v) is 6.11. The molecule has 0 aliphatic rings. The highest BCUT2D eigenvalue weighted by Gasteiger charge is 2.20. The van der Waals surface area contributed by atoms with Gasteiger partial charge in [0.1, 0.15) is 11.4 Å². The topological polar surface area (TPSA) is 88.0 Å². The molecule has 4 rings (SSSR count). The van der Waals surface area contributed by atoms with E-state index in [9.17, 15) is 14.3 Å². The van der Waals surface area contributed by atoms with Crippen LogP contribution in [0.3, 0.4) is 0 Å². The van der Waals surface area contributed by atoms with Crippen LogP contribution in [0.15, 0.2) is 55.0 Å². The van der Waals surface area contributed by atoms with E-state index in [0.29, 0.717) is 39.6 Å². The molecular formula is C27H26ClFN4O2. The summed E-state index contributed by atoms with van der Waals surface area (Å²) in [6, 6.07) is 9.62. The largest absolute Gasteiger partial charge is 0.382 e. The first-order valence-corrected chi connectivity index (χ1v) is 11.7. The molecular weight excluding hydrogens is 467 g/mol. The van der Waals surface area contributed by atoms with Crippen molar-refractivity contribution in [2.75, 3.05) is 5.32 Å². The minimum atomic E-state index is -1.14. The molecule has 6 nitrogen and oxygen atoms in total. The molecule has 180 valence electrons. The zero-order valence-electron chi connectivity index (χ0n) is 19.9. The number of carbonyl (C=O) groups is 1. The van der Waals surface area contributed by atoms with Crippen LogP contribution in [0.25, 0.3) is 22.0 Å². The first-order valence-electron chi connectivity index (χ1n) is 11.3. The van der Waals surface area contributed by atoms with Crippen molar-refractivity contribution in [3.05, 3.63) is 82.8 Å². The van der Waals surface area contributed by atoms with Gasteiger partial charge in [0.15, 0.2) is 11.6 Å². The van der Waals surface area contributed by atoms with E-state index in [4.69, 9.17) is 11.6 Å². The molecule has 0 bridgehead atoms. The number of nitrogens with one attached hydrogen (secondary N) is 1. The van der Waals surface area contributed by atoms with Gasteiger partial charge in [0, 0.05) is 47.1 Å². The Balaban J connectivity index is 1.73. The van der Waals surface area contributed by atoms with Gasteiger partial charge in [-0.1, -0.05) is 24.6 Å². The van der Waals surface area contributed by atoms with Crippen LogP contribution in [0, 0.1) is 5.82 Å². The number of hydrogen-bond acceptors (Lipinski definition) is 6. The Bertz CT molecular complexity index is 1400. The van der Waals surface area contributed by atoms with Gasteiger partial charge in [0.25, 0.3) is 0 Å². The Labute approximate surface area is 208 Å². The highest BCUT2D eigenvalue weighted by atomic mass is 35.5. The number of anilines is 1. The molecule has 2 N–H and O–H groups in total. The number of aromatic nitrogens is 3. The average molecular weight is 493 g/mol. The van der Waals surface area contributed by atoms with Crippen LogP contribution < -0.4 is 5.32 Å². The van der Waals surface area contributed by atoms with Gasteiger partial charge < -0.3 is 10.4 Å². The maximum Gasteiger partial charge on any atom is 0.162 e. The molecule has 2 aromatic carbocycles. The van der Waals surface area contributed by atoms with Crippen molar-refractivity contribution >= 4 is 34.0 Å². The molecule has 0 amide bonds. The molecule has 35 heavy (non-hydrogen) atoms. The van der Waals surface area contributed by atoms with Gasteiger partial charge in [-0.15, -0.1) is 0 Å². The maximum atomic E-state index is 14.7. The standard InChI is InChI=1S/C27H26ClFN4O2/c1-5-24(34)17-6-8-22(29)19(11-17)15(2)33-25-20-10-16(7-9-23(20)30-14-21(25)28)18-12-31-26(32-13-18)27(3,4)35/h6-15,35H,5H2,1-4H3,(H,30,33)/t15-/m1/s1. The summed E-state index contributed by atoms with van der Waals surface area (Å²) < 4.78 is 14.7. The number of ketones is 1. The van der Waals surface area contributed by atoms with Crippen LogP contribution in [0.1, 0.15) is 61.9 Å². The van der Waals surface area contributed by atoms with Crippen molar-refractivity contribution in [1.29, 1.82) is 0 Å². The van der Waals surface area contributed by atoms with Gasteiger partial charge >= 0.3 is 0 Å². The van der Waals surface area contributed by atoms with E-state index in [1.54, 1.807) is 45.4 Å². The Kier molecular flexibility index (Phi) is 6.83. The van der Waals surface area contributed by atoms with Crippen molar-refractivity contribution in [2.24, 2.45) is 0 Å². The van der Waals surface area contributed by atoms with Crippen molar-refractivity contribution < 1.29 is 14.3 Å². The fourth-order valence-corrected chi connectivity index (χ4v) is 4.04. The lowest BCUT2D eigenvalue weighted by atomic mass is 10.00. The number of carbonyl (C=O) groups excluding carboxylic acids is 1. The van der Waals surface area contributed by atoms with Crippen LogP contribution >= 0.6 is 11.6 Å². The van der Waals surface area contributed by atoms with Gasteiger partial charge in [-0.25, -0.2) is 14.4 Å². The second kappa shape index (κ2) is 9.68. The molecule has 0 aliphatic heterocycles. The second-order valence-corrected chi connectivity index (χ2v) is 9.35. The Morgan fingerprint density at radius 2 is 1.80 bits per heavy atom. The summed E-state index contributed by atoms with van der Waals surface area (Å²) in [4.78, 5) is 25.1. The van der Waals surface area contributed by atoms with Gasteiger partial charge in [-0.05, 0) is 56.7 Å². The highest BCUT2D eigenvalue weighted by molar-refractivity contribution is 6.34. The summed E-state index contributed by atoms with van der Waals surface area (Å²) in [5, 5.41) is 14.6. The molecule has 0 saturated heterocycles. The van der Waals surface area contributed by atoms with Gasteiger partial charge in [-0.3, -0.25) is 9.78 Å². The summed E-state index contributed by atoms with van der Waals surface area (Å²) in [6.07, 6.45) is 5.20. The van der Waals surface area contributed by atoms with Crippen molar-refractivity contribution in [1.82, 2.24) is 15.0 Å². The fourth-order valence-electron chi connectivity index (χ4n) is 3.83. The van der Waals surface area contributed by atoms with Crippen LogP contribution in [0.4, 0.5) is 10.1 Å². The average Bonchev–Trinajstić information content (AvgIpc) is 2.84. The van der Waals surface area contributed by atoms with E-state index in [1.807, 2.05) is 25.1 Å². The van der Waals surface area contributed by atoms with Gasteiger partial charge in [0.2, 0.25) is 0 Å². The van der Waals surface area contributed by atoms with Crippen LogP contribution in [-0.4, -0.2) is 25.8 Å². The molecule has 0 saturated carbocycles. The molecule has 8 heteroatoms. The number of benzene rings is 2. The molecule has 0 fully saturated rings. The van der Waals surface area contributed by atoms with Crippen LogP contribution in [0.5, 0.6) is 0 Å². The molecule has 2 heterocycles. The van der Waals surface area contributed by atoms with E-state index in [1.165, 1.54) is 12.1 Å².